The van der Waals surface area contributed by atoms with Crippen LogP contribution in [0.1, 0.15) is 30.9 Å². The van der Waals surface area contributed by atoms with E-state index in [0.717, 1.165) is 16.4 Å². The predicted molar refractivity (Wildman–Crippen MR) is 68.1 cm³/mol. The summed E-state index contributed by atoms with van der Waals surface area (Å²) in [6.07, 6.45) is 1.53. The van der Waals surface area contributed by atoms with E-state index in [4.69, 9.17) is 0 Å². The number of aliphatic imine (C=N–C) groups is 1. The Labute approximate surface area is 103 Å². The van der Waals surface area contributed by atoms with Crippen molar-refractivity contribution in [3.63, 3.8) is 0 Å². The van der Waals surface area contributed by atoms with Crippen molar-refractivity contribution in [3.05, 3.63) is 35.4 Å². The molecule has 0 aromatic heterocycles. The summed E-state index contributed by atoms with van der Waals surface area (Å²) in [6, 6.07) is 8.43. The summed E-state index contributed by atoms with van der Waals surface area (Å²) in [6.45, 7) is 4.08. The molecule has 0 spiro atoms. The van der Waals surface area contributed by atoms with E-state index in [1.807, 2.05) is 6.92 Å². The van der Waals surface area contributed by atoms with Crippen LogP contribution in [0.2, 0.25) is 5.32 Å². The molecule has 0 saturated carbocycles. The van der Waals surface area contributed by atoms with Gasteiger partial charge in [0, 0.05) is 0 Å². The number of aryl methyl sites for hydroxylation is 1. The van der Waals surface area contributed by atoms with Gasteiger partial charge < -0.3 is 0 Å². The van der Waals surface area contributed by atoms with Crippen molar-refractivity contribution in [2.24, 2.45) is 4.99 Å². The first-order valence-electron chi connectivity index (χ1n) is 5.65. The minimum atomic E-state index is -0.805. The van der Waals surface area contributed by atoms with E-state index < -0.39 is 5.72 Å². The minimum absolute atomic E-state index is 0.413. The Balaban J connectivity index is 2.30. The fraction of sp³-hybridized carbons (Fsp3) is 0.462. The number of hydrogen-bond donors (Lipinski definition) is 1. The molecule has 0 radical (unpaired) electrons. The third kappa shape index (κ3) is 2.54. The Morgan fingerprint density at radius 3 is 2.69 bits per heavy atom. The van der Waals surface area contributed by atoms with Gasteiger partial charge in [0.1, 0.15) is 0 Å². The van der Waals surface area contributed by atoms with Crippen molar-refractivity contribution in [2.75, 3.05) is 0 Å². The van der Waals surface area contributed by atoms with Crippen molar-refractivity contribution in [1.29, 1.82) is 0 Å². The van der Waals surface area contributed by atoms with E-state index in [2.05, 4.69) is 36.2 Å². The van der Waals surface area contributed by atoms with Crippen LogP contribution >= 0.6 is 0 Å². The molecule has 1 N–H and O–H groups in total. The van der Waals surface area contributed by atoms with E-state index in [1.165, 1.54) is 11.1 Å². The fourth-order valence-electron chi connectivity index (χ4n) is 1.69. The molecule has 1 heterocycles. The second-order valence-corrected chi connectivity index (χ2v) is 6.49. The van der Waals surface area contributed by atoms with Crippen LogP contribution in [-0.2, 0) is 0 Å². The van der Waals surface area contributed by atoms with E-state index in [1.54, 1.807) is 0 Å². The van der Waals surface area contributed by atoms with Gasteiger partial charge in [0.05, 0.1) is 0 Å². The van der Waals surface area contributed by atoms with Crippen LogP contribution in [0, 0.1) is 6.92 Å². The molecule has 0 saturated heterocycles. The SMILES string of the molecule is CCC1(O)CC[Se]C(c2ccc(C)cc2)=N1. The van der Waals surface area contributed by atoms with Crippen LogP contribution in [-0.4, -0.2) is 30.4 Å². The van der Waals surface area contributed by atoms with Gasteiger partial charge in [-0.2, -0.15) is 0 Å². The van der Waals surface area contributed by atoms with Crippen LogP contribution in [0.4, 0.5) is 0 Å². The molecule has 0 fully saturated rings. The molecular weight excluding hydrogens is 265 g/mol. The van der Waals surface area contributed by atoms with Crippen molar-refractivity contribution in [2.45, 2.75) is 37.7 Å². The Morgan fingerprint density at radius 1 is 1.38 bits per heavy atom. The molecule has 0 amide bonds. The number of hydrogen-bond acceptors (Lipinski definition) is 2. The molecule has 2 rings (SSSR count). The van der Waals surface area contributed by atoms with Gasteiger partial charge >= 0.3 is 103 Å². The molecule has 1 aromatic rings. The van der Waals surface area contributed by atoms with Gasteiger partial charge in [-0.05, 0) is 0 Å². The molecule has 86 valence electrons. The van der Waals surface area contributed by atoms with Crippen molar-refractivity contribution in [3.8, 4) is 0 Å². The molecule has 1 unspecified atom stereocenters. The van der Waals surface area contributed by atoms with Crippen LogP contribution in [0.3, 0.4) is 0 Å². The van der Waals surface area contributed by atoms with E-state index in [0.29, 0.717) is 21.4 Å². The normalized spacial score (nSPS) is 25.3. The van der Waals surface area contributed by atoms with Crippen LogP contribution in [0.15, 0.2) is 29.3 Å². The zero-order valence-corrected chi connectivity index (χ0v) is 11.4. The number of nitrogens with zero attached hydrogens (tertiary/aromatic N) is 1. The average Bonchev–Trinajstić information content (AvgIpc) is 2.30. The zero-order chi connectivity index (χ0) is 11.6. The van der Waals surface area contributed by atoms with E-state index in [9.17, 15) is 5.11 Å². The molecule has 1 atom stereocenters. The van der Waals surface area contributed by atoms with E-state index >= 15 is 0 Å². The molecule has 0 bridgehead atoms. The van der Waals surface area contributed by atoms with Gasteiger partial charge in [-0.15, -0.1) is 0 Å². The quantitative estimate of drug-likeness (QED) is 0.830. The Morgan fingerprint density at radius 2 is 2.06 bits per heavy atom. The third-order valence-electron chi connectivity index (χ3n) is 2.92. The molecule has 2 nitrogen and oxygen atoms in total. The number of benzene rings is 1. The summed E-state index contributed by atoms with van der Waals surface area (Å²) in [4.78, 5) is 4.53. The number of aliphatic hydroxyl groups is 1. The zero-order valence-electron chi connectivity index (χ0n) is 9.73. The molecule has 1 aliphatic heterocycles. The van der Waals surface area contributed by atoms with Gasteiger partial charge in [-0.3, -0.25) is 0 Å². The maximum absolute atomic E-state index is 10.2. The molecule has 0 aliphatic carbocycles. The summed E-state index contributed by atoms with van der Waals surface area (Å²) in [7, 11) is 0. The molecule has 1 aromatic carbocycles. The maximum atomic E-state index is 10.2. The first-order chi connectivity index (χ1) is 7.63. The summed E-state index contributed by atoms with van der Waals surface area (Å²) >= 11 is 0.413. The molecule has 16 heavy (non-hydrogen) atoms. The third-order valence-corrected chi connectivity index (χ3v) is 5.03. The summed E-state index contributed by atoms with van der Waals surface area (Å²) in [5, 5.41) is 11.3. The van der Waals surface area contributed by atoms with Gasteiger partial charge in [0.15, 0.2) is 0 Å². The molecule has 1 aliphatic rings. The van der Waals surface area contributed by atoms with Crippen LogP contribution in [0.5, 0.6) is 0 Å². The van der Waals surface area contributed by atoms with Crippen LogP contribution < -0.4 is 0 Å². The predicted octanol–water partition coefficient (Wildman–Crippen LogP) is 2.37. The van der Waals surface area contributed by atoms with Crippen LogP contribution in [0.25, 0.3) is 0 Å². The number of rotatable bonds is 2. The van der Waals surface area contributed by atoms with Crippen molar-refractivity contribution < 1.29 is 5.11 Å². The second-order valence-electron chi connectivity index (χ2n) is 4.22. The Bertz CT molecular complexity index is 399. The summed E-state index contributed by atoms with van der Waals surface area (Å²) < 4.78 is 1.11. The summed E-state index contributed by atoms with van der Waals surface area (Å²) in [5.41, 5.74) is 1.64. The molecular formula is C13H17NOSe. The van der Waals surface area contributed by atoms with E-state index in [-0.39, 0.29) is 0 Å². The average molecular weight is 282 g/mol. The Kier molecular flexibility index (Phi) is 3.48. The first kappa shape index (κ1) is 11.8. The standard InChI is InChI=1S/C13H17NOSe/c1-3-13(15)8-9-16-12(14-13)11-6-4-10(2)5-7-11/h4-7,15H,3,8-9H2,1-2H3. The van der Waals surface area contributed by atoms with Gasteiger partial charge in [-0.1, -0.05) is 0 Å². The monoisotopic (exact) mass is 283 g/mol. The topological polar surface area (TPSA) is 32.6 Å². The molecule has 3 heteroatoms. The van der Waals surface area contributed by atoms with Gasteiger partial charge in [0.25, 0.3) is 0 Å². The Hall–Kier alpha value is -0.631. The fourth-order valence-corrected chi connectivity index (χ4v) is 4.12. The van der Waals surface area contributed by atoms with Crippen molar-refractivity contribution >= 4 is 19.6 Å². The summed E-state index contributed by atoms with van der Waals surface area (Å²) in [5.74, 6) is 0. The van der Waals surface area contributed by atoms with Crippen molar-refractivity contribution in [1.82, 2.24) is 0 Å². The first-order valence-corrected chi connectivity index (χ1v) is 7.72. The van der Waals surface area contributed by atoms with Gasteiger partial charge in [0.2, 0.25) is 0 Å². The second kappa shape index (κ2) is 4.70. The van der Waals surface area contributed by atoms with Gasteiger partial charge in [-0.25, -0.2) is 0 Å².